The van der Waals surface area contributed by atoms with Crippen LogP contribution in [0, 0.1) is 24.1 Å². The van der Waals surface area contributed by atoms with Crippen molar-refractivity contribution in [2.75, 3.05) is 11.1 Å². The number of aromatic nitrogens is 1. The van der Waals surface area contributed by atoms with E-state index >= 15 is 0 Å². The lowest BCUT2D eigenvalue weighted by Crippen LogP contribution is -2.12. The van der Waals surface area contributed by atoms with Crippen molar-refractivity contribution in [2.24, 2.45) is 0 Å². The molecule has 7 heteroatoms. The Morgan fingerprint density at radius 3 is 2.91 bits per heavy atom. The summed E-state index contributed by atoms with van der Waals surface area (Å²) in [6.45, 7) is 1.84. The van der Waals surface area contributed by atoms with E-state index in [1.807, 2.05) is 6.92 Å². The van der Waals surface area contributed by atoms with Crippen molar-refractivity contribution in [3.63, 3.8) is 0 Å². The Balaban J connectivity index is 1.89. The molecule has 0 unspecified atom stereocenters. The number of hydrogen-bond donors (Lipinski definition) is 1. The Morgan fingerprint density at radius 1 is 1.43 bits per heavy atom. The molecule has 2 aromatic rings. The second-order valence-electron chi connectivity index (χ2n) is 4.69. The van der Waals surface area contributed by atoms with Crippen molar-refractivity contribution in [3.05, 3.63) is 52.4 Å². The molecule has 0 saturated heterocycles. The number of hydrogen-bond acceptors (Lipinski definition) is 4. The van der Waals surface area contributed by atoms with Crippen LogP contribution in [-0.4, -0.2) is 16.6 Å². The number of nitriles is 1. The number of benzene rings is 1. The highest BCUT2D eigenvalue weighted by atomic mass is 35.5. The number of halogens is 2. The van der Waals surface area contributed by atoms with Gasteiger partial charge in [-0.1, -0.05) is 11.6 Å². The van der Waals surface area contributed by atoms with Gasteiger partial charge in [-0.15, -0.1) is 11.8 Å². The lowest BCUT2D eigenvalue weighted by molar-refractivity contribution is -0.115. The van der Waals surface area contributed by atoms with Crippen LogP contribution in [0.3, 0.4) is 0 Å². The molecule has 0 aliphatic heterocycles. The maximum Gasteiger partial charge on any atom is 0.225 e. The molecule has 0 bridgehead atoms. The summed E-state index contributed by atoms with van der Waals surface area (Å²) in [5, 5.41) is 12.3. The minimum atomic E-state index is -0.533. The minimum Gasteiger partial charge on any atom is -0.326 e. The van der Waals surface area contributed by atoms with Crippen LogP contribution in [0.1, 0.15) is 17.7 Å². The van der Waals surface area contributed by atoms with Crippen molar-refractivity contribution in [1.29, 1.82) is 5.26 Å². The minimum absolute atomic E-state index is 0.0419. The van der Waals surface area contributed by atoms with E-state index in [1.54, 1.807) is 12.1 Å². The normalized spacial score (nSPS) is 10.2. The first-order valence-corrected chi connectivity index (χ1v) is 8.11. The molecular formula is C16H13ClFN3OS. The molecule has 0 spiro atoms. The number of rotatable bonds is 5. The fraction of sp³-hybridized carbons (Fsp3) is 0.188. The van der Waals surface area contributed by atoms with Crippen LogP contribution < -0.4 is 5.32 Å². The van der Waals surface area contributed by atoms with Gasteiger partial charge in [0.05, 0.1) is 10.6 Å². The molecule has 0 saturated carbocycles. The van der Waals surface area contributed by atoms with Crippen LogP contribution >= 0.6 is 23.4 Å². The predicted molar refractivity (Wildman–Crippen MR) is 89.1 cm³/mol. The van der Waals surface area contributed by atoms with Gasteiger partial charge < -0.3 is 5.32 Å². The molecular weight excluding hydrogens is 337 g/mol. The summed E-state index contributed by atoms with van der Waals surface area (Å²) in [4.78, 5) is 16.2. The first-order valence-electron chi connectivity index (χ1n) is 6.75. The van der Waals surface area contributed by atoms with E-state index in [4.69, 9.17) is 16.9 Å². The summed E-state index contributed by atoms with van der Waals surface area (Å²) < 4.78 is 13.0. The Kier molecular flexibility index (Phi) is 5.97. The van der Waals surface area contributed by atoms with Gasteiger partial charge in [-0.25, -0.2) is 9.37 Å². The summed E-state index contributed by atoms with van der Waals surface area (Å²) in [5.41, 5.74) is 1.75. The molecule has 23 heavy (non-hydrogen) atoms. The maximum absolute atomic E-state index is 13.0. The Labute approximate surface area is 142 Å². The molecule has 0 aliphatic carbocycles. The third kappa shape index (κ3) is 4.95. The van der Waals surface area contributed by atoms with E-state index < -0.39 is 5.82 Å². The van der Waals surface area contributed by atoms with E-state index in [1.165, 1.54) is 30.0 Å². The molecule has 0 atom stereocenters. The second-order valence-corrected chi connectivity index (χ2v) is 6.18. The van der Waals surface area contributed by atoms with E-state index in [-0.39, 0.29) is 17.4 Å². The number of pyridine rings is 1. The number of nitrogens with one attached hydrogen (secondary N) is 1. The lowest BCUT2D eigenvalue weighted by Gasteiger charge is -2.07. The largest absolute Gasteiger partial charge is 0.326 e. The van der Waals surface area contributed by atoms with Gasteiger partial charge in [0.1, 0.15) is 16.9 Å². The first kappa shape index (κ1) is 17.3. The average molecular weight is 350 g/mol. The van der Waals surface area contributed by atoms with Gasteiger partial charge in [-0.3, -0.25) is 4.79 Å². The van der Waals surface area contributed by atoms with Gasteiger partial charge in [0.2, 0.25) is 5.91 Å². The number of anilines is 1. The van der Waals surface area contributed by atoms with Crippen molar-refractivity contribution >= 4 is 35.0 Å². The standard InChI is InChI=1S/C16H13ClFN3OS/c1-10-2-3-11(9-19)16(20-10)23-7-6-15(22)21-12-4-5-14(18)13(17)8-12/h2-5,8H,6-7H2,1H3,(H,21,22). The molecule has 1 amide bonds. The molecule has 4 nitrogen and oxygen atoms in total. The molecule has 1 aromatic carbocycles. The van der Waals surface area contributed by atoms with Gasteiger partial charge in [-0.2, -0.15) is 5.26 Å². The number of nitrogens with zero attached hydrogens (tertiary/aromatic N) is 2. The van der Waals surface area contributed by atoms with Crippen LogP contribution in [0.15, 0.2) is 35.4 Å². The predicted octanol–water partition coefficient (Wildman–Crippen LogP) is 4.18. The number of carbonyl (C=O) groups is 1. The zero-order valence-corrected chi connectivity index (χ0v) is 13.8. The highest BCUT2D eigenvalue weighted by molar-refractivity contribution is 7.99. The third-order valence-corrected chi connectivity index (χ3v) is 4.17. The van der Waals surface area contributed by atoms with Crippen LogP contribution in [-0.2, 0) is 4.79 Å². The van der Waals surface area contributed by atoms with E-state index in [0.717, 1.165) is 5.69 Å². The van der Waals surface area contributed by atoms with Crippen LogP contribution in [0.25, 0.3) is 0 Å². The Bertz CT molecular complexity index is 776. The number of thioether (sulfide) groups is 1. The zero-order valence-electron chi connectivity index (χ0n) is 12.3. The van der Waals surface area contributed by atoms with Crippen LogP contribution in [0.4, 0.5) is 10.1 Å². The zero-order chi connectivity index (χ0) is 16.8. The van der Waals surface area contributed by atoms with E-state index in [2.05, 4.69) is 16.4 Å². The summed E-state index contributed by atoms with van der Waals surface area (Å²) in [7, 11) is 0. The lowest BCUT2D eigenvalue weighted by atomic mass is 10.3. The fourth-order valence-corrected chi connectivity index (χ4v) is 2.90. The number of amides is 1. The van der Waals surface area contributed by atoms with Gasteiger partial charge in [0, 0.05) is 23.6 Å². The van der Waals surface area contributed by atoms with Gasteiger partial charge in [0.25, 0.3) is 0 Å². The molecule has 0 radical (unpaired) electrons. The summed E-state index contributed by atoms with van der Waals surface area (Å²) in [6.07, 6.45) is 0.236. The van der Waals surface area contributed by atoms with Crippen molar-refractivity contribution in [2.45, 2.75) is 18.4 Å². The van der Waals surface area contributed by atoms with E-state index in [9.17, 15) is 9.18 Å². The fourth-order valence-electron chi connectivity index (χ4n) is 1.77. The molecule has 1 heterocycles. The van der Waals surface area contributed by atoms with E-state index in [0.29, 0.717) is 22.0 Å². The highest BCUT2D eigenvalue weighted by Gasteiger charge is 2.08. The Morgan fingerprint density at radius 2 is 2.22 bits per heavy atom. The summed E-state index contributed by atoms with van der Waals surface area (Å²) >= 11 is 7.01. The van der Waals surface area contributed by atoms with Crippen LogP contribution in [0.5, 0.6) is 0 Å². The summed E-state index contributed by atoms with van der Waals surface area (Å²) in [5.74, 6) is -0.271. The number of aryl methyl sites for hydroxylation is 1. The molecule has 1 aromatic heterocycles. The molecule has 1 N–H and O–H groups in total. The SMILES string of the molecule is Cc1ccc(C#N)c(SCCC(=O)Nc2ccc(F)c(Cl)c2)n1. The van der Waals surface area contributed by atoms with Gasteiger partial charge >= 0.3 is 0 Å². The second kappa shape index (κ2) is 7.95. The van der Waals surface area contributed by atoms with Crippen molar-refractivity contribution in [1.82, 2.24) is 4.98 Å². The average Bonchev–Trinajstić information content (AvgIpc) is 2.51. The van der Waals surface area contributed by atoms with Crippen LogP contribution in [0.2, 0.25) is 5.02 Å². The quantitative estimate of drug-likeness (QED) is 0.822. The van der Waals surface area contributed by atoms with Crippen molar-refractivity contribution in [3.8, 4) is 6.07 Å². The molecule has 2 rings (SSSR count). The first-order chi connectivity index (χ1) is 11.0. The van der Waals surface area contributed by atoms with Gasteiger partial charge in [-0.05, 0) is 37.3 Å². The maximum atomic E-state index is 13.0. The monoisotopic (exact) mass is 349 g/mol. The highest BCUT2D eigenvalue weighted by Crippen LogP contribution is 2.22. The third-order valence-electron chi connectivity index (χ3n) is 2.89. The molecule has 118 valence electrons. The number of carbonyl (C=O) groups excluding carboxylic acids is 1. The molecule has 0 aliphatic rings. The topological polar surface area (TPSA) is 65.8 Å². The van der Waals surface area contributed by atoms with Crippen molar-refractivity contribution < 1.29 is 9.18 Å². The van der Waals surface area contributed by atoms with Gasteiger partial charge in [0.15, 0.2) is 0 Å². The Hall–Kier alpha value is -2.10. The summed E-state index contributed by atoms with van der Waals surface area (Å²) in [6, 6.07) is 9.57. The smallest absolute Gasteiger partial charge is 0.225 e. The molecule has 0 fully saturated rings.